The van der Waals surface area contributed by atoms with Crippen LogP contribution in [-0.4, -0.2) is 58.0 Å². The van der Waals surface area contributed by atoms with Gasteiger partial charge in [-0.05, 0) is 54.9 Å². The lowest BCUT2D eigenvalue weighted by Gasteiger charge is -2.57. The Kier molecular flexibility index (Phi) is 3.97. The van der Waals surface area contributed by atoms with E-state index in [2.05, 4.69) is 11.8 Å². The molecular formula is C22H26N2O5. The number of hydrogen-bond acceptors (Lipinski definition) is 5. The van der Waals surface area contributed by atoms with Crippen molar-refractivity contribution in [1.29, 1.82) is 0 Å². The molecular weight excluding hydrogens is 372 g/mol. The zero-order valence-corrected chi connectivity index (χ0v) is 16.7. The lowest BCUT2D eigenvalue weighted by atomic mass is 9.56. The summed E-state index contributed by atoms with van der Waals surface area (Å²) in [6.07, 6.45) is 2.56. The molecule has 2 N–H and O–H groups in total. The summed E-state index contributed by atoms with van der Waals surface area (Å²) in [6, 6.07) is 4.71. The number of phenolic OH excluding ortho intramolecular Hbond substituents is 1. The predicted octanol–water partition coefficient (Wildman–Crippen LogP) is 2.96. The van der Waals surface area contributed by atoms with Crippen molar-refractivity contribution in [1.82, 2.24) is 9.47 Å². The molecule has 0 spiro atoms. The normalized spacial score (nSPS) is 32.6. The third kappa shape index (κ3) is 2.28. The number of phenols is 1. The second-order valence-corrected chi connectivity index (χ2v) is 8.77. The van der Waals surface area contributed by atoms with E-state index < -0.39 is 17.5 Å². The summed E-state index contributed by atoms with van der Waals surface area (Å²) in [7, 11) is 1.32. The molecule has 3 aliphatic heterocycles. The number of carbonyl (C=O) groups is 2. The molecule has 1 aliphatic carbocycles. The van der Waals surface area contributed by atoms with Crippen LogP contribution < -0.4 is 0 Å². The van der Waals surface area contributed by atoms with E-state index in [-0.39, 0.29) is 17.7 Å². The van der Waals surface area contributed by atoms with Gasteiger partial charge in [0.15, 0.2) is 0 Å². The Balaban J connectivity index is 1.90. The predicted molar refractivity (Wildman–Crippen MR) is 106 cm³/mol. The van der Waals surface area contributed by atoms with Crippen LogP contribution in [0.15, 0.2) is 18.2 Å². The number of hydrogen-bond donors (Lipinski definition) is 2. The first-order valence-electron chi connectivity index (χ1n) is 10.3. The first-order chi connectivity index (χ1) is 13.9. The summed E-state index contributed by atoms with van der Waals surface area (Å²) < 4.78 is 6.56. The van der Waals surface area contributed by atoms with Crippen molar-refractivity contribution >= 4 is 23.0 Å². The van der Waals surface area contributed by atoms with Crippen LogP contribution in [0.1, 0.15) is 37.4 Å². The molecule has 6 rings (SSSR count). The highest BCUT2D eigenvalue weighted by molar-refractivity contribution is 5.98. The minimum Gasteiger partial charge on any atom is -0.508 e. The highest BCUT2D eigenvalue weighted by Gasteiger charge is 2.63. The number of nitrogens with zero attached hydrogens (tertiary/aromatic N) is 2. The molecule has 0 radical (unpaired) electrons. The minimum absolute atomic E-state index is 0.104. The minimum atomic E-state index is -1.16. The van der Waals surface area contributed by atoms with Gasteiger partial charge in [0.25, 0.3) is 0 Å². The number of carboxylic acid groups (broad SMARTS) is 1. The number of ether oxygens (including phenoxy) is 1. The lowest BCUT2D eigenvalue weighted by molar-refractivity contribution is -0.158. The molecule has 154 valence electrons. The van der Waals surface area contributed by atoms with Gasteiger partial charge in [-0.25, -0.2) is 9.36 Å². The smallest absolute Gasteiger partial charge is 0.418 e. The SMILES string of the molecule is CCC1C[C@@H]2CN3CCc4c(n(C(=O)OC)c5ccc(O)cc45)[C@](C(=O)O)(C2)C13. The fourth-order valence-electron chi connectivity index (χ4n) is 6.59. The van der Waals surface area contributed by atoms with Gasteiger partial charge in [0.05, 0.1) is 18.3 Å². The van der Waals surface area contributed by atoms with Gasteiger partial charge >= 0.3 is 12.1 Å². The van der Waals surface area contributed by atoms with Crippen LogP contribution in [0.5, 0.6) is 5.75 Å². The number of carbonyl (C=O) groups excluding carboxylic acids is 1. The number of piperidine rings is 2. The number of methoxy groups -OCH3 is 1. The largest absolute Gasteiger partial charge is 0.508 e. The van der Waals surface area contributed by atoms with Crippen molar-refractivity contribution in [2.75, 3.05) is 20.2 Å². The summed E-state index contributed by atoms with van der Waals surface area (Å²) in [5, 5.41) is 21.5. The van der Waals surface area contributed by atoms with E-state index in [1.165, 1.54) is 17.7 Å². The maximum Gasteiger partial charge on any atom is 0.418 e. The van der Waals surface area contributed by atoms with Crippen molar-refractivity contribution < 1.29 is 24.5 Å². The molecule has 7 heteroatoms. The van der Waals surface area contributed by atoms with Gasteiger partial charge in [-0.3, -0.25) is 9.69 Å². The standard InChI is InChI=1S/C22H26N2O5/c1-3-13-8-12-10-22(20(26)27)18(13)23(11-12)7-6-15-16-9-14(25)4-5-17(16)24(19(15)22)21(28)29-2/h4-5,9,12-13,18,25H,3,6-8,10-11H2,1-2H3,(H,26,27)/t12-,13?,18?,22-/m0/s1. The van der Waals surface area contributed by atoms with Gasteiger partial charge in [-0.15, -0.1) is 0 Å². The van der Waals surface area contributed by atoms with Crippen molar-refractivity contribution in [2.24, 2.45) is 11.8 Å². The van der Waals surface area contributed by atoms with E-state index in [0.717, 1.165) is 36.9 Å². The lowest BCUT2D eigenvalue weighted by Crippen LogP contribution is -2.67. The topological polar surface area (TPSA) is 92.0 Å². The fraction of sp³-hybridized carbons (Fsp3) is 0.545. The molecule has 1 saturated carbocycles. The van der Waals surface area contributed by atoms with Crippen LogP contribution in [0, 0.1) is 11.8 Å². The first kappa shape index (κ1) is 18.5. The second-order valence-electron chi connectivity index (χ2n) is 8.77. The zero-order chi connectivity index (χ0) is 20.5. The van der Waals surface area contributed by atoms with Gasteiger partial charge in [-0.1, -0.05) is 13.3 Å². The van der Waals surface area contributed by atoms with E-state index in [9.17, 15) is 19.8 Å². The maximum atomic E-state index is 13.0. The van der Waals surface area contributed by atoms with Gasteiger partial charge in [0, 0.05) is 24.5 Å². The van der Waals surface area contributed by atoms with Gasteiger partial charge in [0.1, 0.15) is 11.2 Å². The van der Waals surface area contributed by atoms with Gasteiger partial charge < -0.3 is 14.9 Å². The van der Waals surface area contributed by atoms with Crippen LogP contribution >= 0.6 is 0 Å². The van der Waals surface area contributed by atoms with Crippen LogP contribution in [0.25, 0.3) is 10.9 Å². The Labute approximate surface area is 168 Å². The third-order valence-electron chi connectivity index (χ3n) is 7.47. The third-order valence-corrected chi connectivity index (χ3v) is 7.47. The molecule has 1 aromatic heterocycles. The molecule has 3 unspecified atom stereocenters. The van der Waals surface area contributed by atoms with Gasteiger partial charge in [0.2, 0.25) is 0 Å². The Hall–Kier alpha value is -2.54. The molecule has 0 amide bonds. The van der Waals surface area contributed by atoms with E-state index in [4.69, 9.17) is 4.74 Å². The molecule has 7 nitrogen and oxygen atoms in total. The van der Waals surface area contributed by atoms with E-state index in [1.54, 1.807) is 12.1 Å². The zero-order valence-electron chi connectivity index (χ0n) is 16.7. The average Bonchev–Trinajstić information content (AvgIpc) is 2.99. The van der Waals surface area contributed by atoms with Crippen LogP contribution in [-0.2, 0) is 21.4 Å². The molecule has 1 aromatic carbocycles. The van der Waals surface area contributed by atoms with Gasteiger partial charge in [-0.2, -0.15) is 0 Å². The number of benzene rings is 1. The van der Waals surface area contributed by atoms with Crippen LogP contribution in [0.2, 0.25) is 0 Å². The van der Waals surface area contributed by atoms with Crippen molar-refractivity contribution in [3.63, 3.8) is 0 Å². The molecule has 4 bridgehead atoms. The number of carboxylic acids is 1. The Morgan fingerprint density at radius 1 is 1.34 bits per heavy atom. The Morgan fingerprint density at radius 2 is 2.14 bits per heavy atom. The highest BCUT2D eigenvalue weighted by atomic mass is 16.5. The molecule has 29 heavy (non-hydrogen) atoms. The van der Waals surface area contributed by atoms with Crippen molar-refractivity contribution in [3.8, 4) is 5.75 Å². The van der Waals surface area contributed by atoms with E-state index in [1.807, 2.05) is 0 Å². The van der Waals surface area contributed by atoms with Crippen LogP contribution in [0.4, 0.5) is 4.79 Å². The first-order valence-corrected chi connectivity index (χ1v) is 10.3. The van der Waals surface area contributed by atoms with E-state index in [0.29, 0.717) is 30.0 Å². The molecule has 2 aromatic rings. The molecule has 5 atom stereocenters. The molecule has 3 fully saturated rings. The second kappa shape index (κ2) is 6.23. The monoisotopic (exact) mass is 398 g/mol. The molecule has 4 aliphatic rings. The fourth-order valence-corrected chi connectivity index (χ4v) is 6.59. The summed E-state index contributed by atoms with van der Waals surface area (Å²) in [5.74, 6) is -0.186. The Morgan fingerprint density at radius 3 is 2.83 bits per heavy atom. The summed E-state index contributed by atoms with van der Waals surface area (Å²) in [5.41, 5.74) is 0.862. The number of aromatic nitrogens is 1. The maximum absolute atomic E-state index is 13.0. The number of rotatable bonds is 2. The van der Waals surface area contributed by atoms with Crippen LogP contribution in [0.3, 0.4) is 0 Å². The van der Waals surface area contributed by atoms with Crippen molar-refractivity contribution in [3.05, 3.63) is 29.5 Å². The molecule has 2 saturated heterocycles. The highest BCUT2D eigenvalue weighted by Crippen LogP contribution is 2.55. The summed E-state index contributed by atoms with van der Waals surface area (Å²) in [6.45, 7) is 3.81. The number of aliphatic carboxylic acids is 1. The number of aromatic hydroxyl groups is 1. The Bertz CT molecular complexity index is 1030. The quantitative estimate of drug-likeness (QED) is 0.808. The number of fused-ring (bicyclic) bond motifs is 4. The molecule has 4 heterocycles. The van der Waals surface area contributed by atoms with E-state index >= 15 is 0 Å². The average molecular weight is 398 g/mol. The summed E-state index contributed by atoms with van der Waals surface area (Å²) >= 11 is 0. The van der Waals surface area contributed by atoms with Crippen molar-refractivity contribution in [2.45, 2.75) is 44.1 Å². The summed E-state index contributed by atoms with van der Waals surface area (Å²) in [4.78, 5) is 28.3.